The van der Waals surface area contributed by atoms with Gasteiger partial charge in [-0.15, -0.1) is 0 Å². The number of allylic oxidation sites excluding steroid dienone is 6. The smallest absolute Gasteiger partial charge is 0.404 e. The van der Waals surface area contributed by atoms with Crippen molar-refractivity contribution in [1.82, 2.24) is 10.6 Å². The molecule has 0 fully saturated rings. The van der Waals surface area contributed by atoms with Gasteiger partial charge in [0.15, 0.2) is 0 Å². The first-order chi connectivity index (χ1) is 17.9. The molecule has 0 aromatic heterocycles. The summed E-state index contributed by atoms with van der Waals surface area (Å²) in [5, 5.41) is 6.03. The molecule has 8 heteroatoms. The molecule has 3 amide bonds. The zero-order valence-electron chi connectivity index (χ0n) is 22.9. The molecule has 0 saturated heterocycles. The Labute approximate surface area is 231 Å². The summed E-state index contributed by atoms with van der Waals surface area (Å²) >= 11 is 5.84. The molecule has 4 N–H and O–H groups in total. The summed E-state index contributed by atoms with van der Waals surface area (Å²) in [6, 6.07) is 9.38. The lowest BCUT2D eigenvalue weighted by molar-refractivity contribution is -0.129. The molecule has 1 aromatic rings. The van der Waals surface area contributed by atoms with Crippen LogP contribution in [0.3, 0.4) is 0 Å². The molecule has 206 valence electrons. The highest BCUT2D eigenvalue weighted by Gasteiger charge is 2.31. The number of nitrogens with one attached hydrogen (secondary N) is 2. The van der Waals surface area contributed by atoms with Crippen LogP contribution in [0, 0.1) is 5.41 Å². The summed E-state index contributed by atoms with van der Waals surface area (Å²) in [6.07, 6.45) is 13.8. The highest BCUT2D eigenvalue weighted by Crippen LogP contribution is 2.19. The van der Waals surface area contributed by atoms with Gasteiger partial charge in [0.1, 0.15) is 12.1 Å². The second-order valence-corrected chi connectivity index (χ2v) is 10.5. The Kier molecular flexibility index (Phi) is 14.5. The van der Waals surface area contributed by atoms with Gasteiger partial charge < -0.3 is 21.1 Å². The average Bonchev–Trinajstić information content (AvgIpc) is 2.84. The zero-order chi connectivity index (χ0) is 28.6. The third-order valence-corrected chi connectivity index (χ3v) is 5.48. The largest absolute Gasteiger partial charge is 0.446 e. The van der Waals surface area contributed by atoms with Crippen molar-refractivity contribution in [2.24, 2.45) is 11.1 Å². The minimum Gasteiger partial charge on any atom is -0.446 e. The molecule has 7 nitrogen and oxygen atoms in total. The van der Waals surface area contributed by atoms with Gasteiger partial charge in [-0.05, 0) is 37.4 Å². The van der Waals surface area contributed by atoms with Gasteiger partial charge in [-0.3, -0.25) is 9.59 Å². The Morgan fingerprint density at radius 1 is 1.03 bits per heavy atom. The number of primary amides is 1. The van der Waals surface area contributed by atoms with Crippen LogP contribution in [0.4, 0.5) is 4.79 Å². The van der Waals surface area contributed by atoms with Gasteiger partial charge in [-0.25, -0.2) is 4.79 Å². The van der Waals surface area contributed by atoms with Crippen molar-refractivity contribution >= 4 is 29.5 Å². The quantitative estimate of drug-likeness (QED) is 0.215. The van der Waals surface area contributed by atoms with E-state index in [-0.39, 0.29) is 11.8 Å². The molecule has 0 unspecified atom stereocenters. The molecule has 0 radical (unpaired) electrons. The van der Waals surface area contributed by atoms with Gasteiger partial charge >= 0.3 is 6.09 Å². The maximum atomic E-state index is 12.8. The van der Waals surface area contributed by atoms with Crippen molar-refractivity contribution in [3.8, 4) is 0 Å². The van der Waals surface area contributed by atoms with E-state index in [1.54, 1.807) is 31.2 Å². The average molecular weight is 542 g/mol. The van der Waals surface area contributed by atoms with Crippen molar-refractivity contribution in [1.29, 1.82) is 0 Å². The fraction of sp³-hybridized carbons (Fsp3) is 0.367. The van der Waals surface area contributed by atoms with E-state index in [0.29, 0.717) is 17.9 Å². The zero-order valence-corrected chi connectivity index (χ0v) is 23.6. The summed E-state index contributed by atoms with van der Waals surface area (Å²) in [4.78, 5) is 36.4. The monoisotopic (exact) mass is 541 g/mol. The second kappa shape index (κ2) is 17.0. The molecule has 1 rings (SSSR count). The normalized spacial score (nSPS) is 14.6. The number of amides is 3. The van der Waals surface area contributed by atoms with Crippen molar-refractivity contribution in [2.45, 2.75) is 66.0 Å². The predicted molar refractivity (Wildman–Crippen MR) is 154 cm³/mol. The number of carbonyl (C=O) groups excluding carboxylic acids is 3. The van der Waals surface area contributed by atoms with Gasteiger partial charge in [0, 0.05) is 23.9 Å². The van der Waals surface area contributed by atoms with Gasteiger partial charge in [0.2, 0.25) is 11.8 Å². The Morgan fingerprint density at radius 3 is 2.29 bits per heavy atom. The number of benzene rings is 1. The highest BCUT2D eigenvalue weighted by atomic mass is 35.5. The van der Waals surface area contributed by atoms with Crippen molar-refractivity contribution in [2.75, 3.05) is 0 Å². The Balaban J connectivity index is 2.66. The van der Waals surface area contributed by atoms with Crippen LogP contribution in [-0.4, -0.2) is 30.1 Å². The second-order valence-electron chi connectivity index (χ2n) is 9.90. The first kappa shape index (κ1) is 32.4. The van der Waals surface area contributed by atoms with E-state index in [9.17, 15) is 14.4 Å². The number of hydrogen-bond donors (Lipinski definition) is 3. The summed E-state index contributed by atoms with van der Waals surface area (Å²) in [5.74, 6) is -0.743. The third-order valence-electron chi connectivity index (χ3n) is 5.32. The molecule has 1 aromatic carbocycles. The van der Waals surface area contributed by atoms with E-state index >= 15 is 0 Å². The van der Waals surface area contributed by atoms with Crippen LogP contribution in [0.5, 0.6) is 0 Å². The molecular formula is C30H40ClN3O4. The van der Waals surface area contributed by atoms with Crippen LogP contribution in [0.1, 0.15) is 53.0 Å². The van der Waals surface area contributed by atoms with Crippen molar-refractivity contribution < 1.29 is 19.1 Å². The molecule has 0 saturated carbocycles. The SMILES string of the molecule is CC(Cl)=CC[C@@H](CC=CNC(=O)[C@@H](NC(=O)C=CC=CC(C)=CCc1ccccc1)C(C)(C)C)OC(N)=O. The number of nitrogens with two attached hydrogens (primary N) is 1. The van der Waals surface area contributed by atoms with E-state index in [0.717, 1.165) is 12.0 Å². The fourth-order valence-corrected chi connectivity index (χ4v) is 3.36. The number of ether oxygens (including phenoxy) is 1. The van der Waals surface area contributed by atoms with Crippen LogP contribution in [0.2, 0.25) is 0 Å². The third kappa shape index (κ3) is 14.9. The van der Waals surface area contributed by atoms with Crippen molar-refractivity contribution in [3.63, 3.8) is 0 Å². The summed E-state index contributed by atoms with van der Waals surface area (Å²) in [5.41, 5.74) is 6.89. The Bertz CT molecular complexity index is 1060. The molecule has 38 heavy (non-hydrogen) atoms. The standard InChI is InChI=1S/C30H40ClN3O4/c1-22(17-19-24-13-7-6-8-14-24)12-9-10-16-26(35)34-27(30(3,4)5)28(36)33-21-11-15-25(38-29(32)37)20-18-23(2)31/h6-14,16-18,21,25,27H,15,19-20H2,1-5H3,(H2,32,37)(H,33,36)(H,34,35)/t25-,27-/m1/s1. The topological polar surface area (TPSA) is 111 Å². The molecule has 0 aliphatic carbocycles. The number of hydrogen-bond acceptors (Lipinski definition) is 4. The lowest BCUT2D eigenvalue weighted by Gasteiger charge is -2.29. The van der Waals surface area contributed by atoms with Crippen molar-refractivity contribution in [3.05, 3.63) is 95.2 Å². The van der Waals surface area contributed by atoms with E-state index in [1.165, 1.54) is 17.8 Å². The number of rotatable bonds is 13. The molecule has 0 heterocycles. The van der Waals surface area contributed by atoms with Crippen LogP contribution in [0.15, 0.2) is 89.7 Å². The summed E-state index contributed by atoms with van der Waals surface area (Å²) in [6.45, 7) is 9.31. The molecule has 0 bridgehead atoms. The van der Waals surface area contributed by atoms with Gasteiger partial charge in [0.25, 0.3) is 0 Å². The van der Waals surface area contributed by atoms with E-state index < -0.39 is 23.7 Å². The van der Waals surface area contributed by atoms with Gasteiger partial charge in [-0.1, -0.05) is 105 Å². The van der Waals surface area contributed by atoms with Gasteiger partial charge in [0.05, 0.1) is 0 Å². The minimum absolute atomic E-state index is 0.324. The lowest BCUT2D eigenvalue weighted by atomic mass is 9.86. The minimum atomic E-state index is -0.884. The Morgan fingerprint density at radius 2 is 1.68 bits per heavy atom. The first-order valence-corrected chi connectivity index (χ1v) is 12.9. The first-order valence-electron chi connectivity index (χ1n) is 12.5. The fourth-order valence-electron chi connectivity index (χ4n) is 3.27. The van der Waals surface area contributed by atoms with E-state index in [2.05, 4.69) is 28.8 Å². The Hall–Kier alpha value is -3.58. The molecule has 0 spiro atoms. The number of carbonyl (C=O) groups is 3. The van der Waals surface area contributed by atoms with E-state index in [4.69, 9.17) is 22.1 Å². The predicted octanol–water partition coefficient (Wildman–Crippen LogP) is 5.84. The summed E-state index contributed by atoms with van der Waals surface area (Å²) in [7, 11) is 0. The maximum absolute atomic E-state index is 12.8. The van der Waals surface area contributed by atoms with Crippen LogP contribution < -0.4 is 16.4 Å². The summed E-state index contributed by atoms with van der Waals surface area (Å²) < 4.78 is 5.06. The lowest BCUT2D eigenvalue weighted by Crippen LogP contribution is -2.52. The van der Waals surface area contributed by atoms with Crippen LogP contribution in [0.25, 0.3) is 0 Å². The number of halogens is 1. The molecule has 0 aliphatic rings. The van der Waals surface area contributed by atoms with E-state index in [1.807, 2.05) is 52.0 Å². The molecular weight excluding hydrogens is 502 g/mol. The van der Waals surface area contributed by atoms with Crippen LogP contribution >= 0.6 is 11.6 Å². The van der Waals surface area contributed by atoms with Gasteiger partial charge in [-0.2, -0.15) is 0 Å². The molecule has 2 atom stereocenters. The maximum Gasteiger partial charge on any atom is 0.404 e. The molecule has 0 aliphatic heterocycles. The van der Waals surface area contributed by atoms with Crippen LogP contribution in [-0.2, 0) is 20.7 Å². The highest BCUT2D eigenvalue weighted by molar-refractivity contribution is 6.29.